The third-order valence-corrected chi connectivity index (χ3v) is 2.70. The Morgan fingerprint density at radius 2 is 1.94 bits per heavy atom. The Morgan fingerprint density at radius 1 is 1.06 bits per heavy atom. The predicted octanol–water partition coefficient (Wildman–Crippen LogP) is 1.97. The number of hydrogen-bond donors (Lipinski definition) is 1. The van der Waals surface area contributed by atoms with Gasteiger partial charge in [0, 0.05) is 6.42 Å². The molecule has 0 spiro atoms. The molecule has 0 aliphatic carbocycles. The fourth-order valence-corrected chi connectivity index (χ4v) is 1.81. The second kappa shape index (κ2) is 4.83. The van der Waals surface area contributed by atoms with Crippen molar-refractivity contribution in [1.82, 2.24) is 20.6 Å². The first-order valence-corrected chi connectivity index (χ1v) is 5.76. The third kappa shape index (κ3) is 2.29. The molecule has 3 aromatic rings. The summed E-state index contributed by atoms with van der Waals surface area (Å²) in [6.45, 7) is 0.540. The third-order valence-electron chi connectivity index (χ3n) is 2.70. The normalized spacial score (nSPS) is 10.7. The molecule has 0 atom stereocenters. The molecule has 2 aromatic carbocycles. The highest BCUT2D eigenvalue weighted by Crippen LogP contribution is 2.20. The molecule has 1 heterocycles. The van der Waals surface area contributed by atoms with Crippen LogP contribution in [0.3, 0.4) is 0 Å². The topological polar surface area (TPSA) is 63.7 Å². The van der Waals surface area contributed by atoms with Gasteiger partial charge >= 0.3 is 0 Å². The summed E-state index contributed by atoms with van der Waals surface area (Å²) in [7, 11) is 0. The molecule has 0 unspecified atom stereocenters. The largest absolute Gasteiger partial charge is 0.493 e. The van der Waals surface area contributed by atoms with Crippen molar-refractivity contribution < 1.29 is 4.74 Å². The number of nitrogens with zero attached hydrogens (tertiary/aromatic N) is 3. The van der Waals surface area contributed by atoms with Gasteiger partial charge in [0.2, 0.25) is 0 Å². The van der Waals surface area contributed by atoms with E-state index in [-0.39, 0.29) is 0 Å². The summed E-state index contributed by atoms with van der Waals surface area (Å²) in [5, 5.41) is 16.0. The molecule has 0 bridgehead atoms. The predicted molar refractivity (Wildman–Crippen MR) is 67.3 cm³/mol. The molecular weight excluding hydrogens is 228 g/mol. The molecular formula is C13H12N4O. The maximum atomic E-state index is 5.67. The molecule has 0 fully saturated rings. The number of aromatic amines is 1. The van der Waals surface area contributed by atoms with Crippen LogP contribution < -0.4 is 4.74 Å². The smallest absolute Gasteiger partial charge is 0.177 e. The summed E-state index contributed by atoms with van der Waals surface area (Å²) in [5.41, 5.74) is 0. The van der Waals surface area contributed by atoms with E-state index < -0.39 is 0 Å². The lowest BCUT2D eigenvalue weighted by Gasteiger charge is -2.05. The highest BCUT2D eigenvalue weighted by atomic mass is 16.5. The van der Waals surface area contributed by atoms with Gasteiger partial charge in [-0.15, -0.1) is 10.2 Å². The highest BCUT2D eigenvalue weighted by Gasteiger charge is 2.00. The molecule has 1 N–H and O–H groups in total. The van der Waals surface area contributed by atoms with E-state index in [4.69, 9.17) is 4.74 Å². The van der Waals surface area contributed by atoms with E-state index in [1.807, 2.05) is 24.3 Å². The van der Waals surface area contributed by atoms with Gasteiger partial charge in [0.15, 0.2) is 5.82 Å². The van der Waals surface area contributed by atoms with Crippen molar-refractivity contribution in [3.63, 3.8) is 0 Å². The highest BCUT2D eigenvalue weighted by molar-refractivity contribution is 5.83. The van der Waals surface area contributed by atoms with Crippen LogP contribution >= 0.6 is 0 Å². The Bertz CT molecular complexity index is 636. The average molecular weight is 240 g/mol. The lowest BCUT2D eigenvalue weighted by molar-refractivity contribution is 0.319. The van der Waals surface area contributed by atoms with E-state index in [0.29, 0.717) is 18.9 Å². The van der Waals surface area contributed by atoms with Crippen molar-refractivity contribution in [3.05, 3.63) is 48.3 Å². The van der Waals surface area contributed by atoms with E-state index in [2.05, 4.69) is 38.8 Å². The van der Waals surface area contributed by atoms with Crippen molar-refractivity contribution in [2.24, 2.45) is 0 Å². The zero-order valence-electron chi connectivity index (χ0n) is 9.71. The van der Waals surface area contributed by atoms with Crippen LogP contribution in [0.4, 0.5) is 0 Å². The number of aromatic nitrogens is 4. The number of fused-ring (bicyclic) bond motifs is 1. The van der Waals surface area contributed by atoms with E-state index in [0.717, 1.165) is 5.75 Å². The number of rotatable bonds is 4. The lowest BCUT2D eigenvalue weighted by atomic mass is 10.1. The van der Waals surface area contributed by atoms with Crippen LogP contribution in [-0.2, 0) is 6.42 Å². The van der Waals surface area contributed by atoms with Gasteiger partial charge < -0.3 is 4.74 Å². The molecule has 3 rings (SSSR count). The molecule has 0 aliphatic heterocycles. The van der Waals surface area contributed by atoms with Crippen LogP contribution in [0.25, 0.3) is 10.8 Å². The Kier molecular flexibility index (Phi) is 2.87. The molecule has 0 saturated carbocycles. The monoisotopic (exact) mass is 240 g/mol. The molecule has 1 aromatic heterocycles. The number of tetrazole rings is 1. The van der Waals surface area contributed by atoms with Crippen molar-refractivity contribution in [2.45, 2.75) is 6.42 Å². The fraction of sp³-hybridized carbons (Fsp3) is 0.154. The molecule has 5 nitrogen and oxygen atoms in total. The molecule has 0 aliphatic rings. The number of H-pyrrole nitrogens is 1. The van der Waals surface area contributed by atoms with Gasteiger partial charge in [0.05, 0.1) is 6.61 Å². The van der Waals surface area contributed by atoms with Gasteiger partial charge in [-0.3, -0.25) is 0 Å². The van der Waals surface area contributed by atoms with Crippen molar-refractivity contribution in [1.29, 1.82) is 0 Å². The summed E-state index contributed by atoms with van der Waals surface area (Å²) < 4.78 is 5.67. The van der Waals surface area contributed by atoms with Crippen molar-refractivity contribution in [2.75, 3.05) is 6.61 Å². The number of hydrogen-bond acceptors (Lipinski definition) is 4. The summed E-state index contributed by atoms with van der Waals surface area (Å²) in [4.78, 5) is 0. The summed E-state index contributed by atoms with van der Waals surface area (Å²) >= 11 is 0. The van der Waals surface area contributed by atoms with Crippen LogP contribution in [0, 0.1) is 0 Å². The van der Waals surface area contributed by atoms with Crippen LogP contribution in [0.5, 0.6) is 5.75 Å². The Balaban J connectivity index is 1.67. The van der Waals surface area contributed by atoms with E-state index in [9.17, 15) is 0 Å². The van der Waals surface area contributed by atoms with Gasteiger partial charge in [-0.25, -0.2) is 0 Å². The molecule has 5 heteroatoms. The maximum absolute atomic E-state index is 5.67. The van der Waals surface area contributed by atoms with Crippen molar-refractivity contribution >= 4 is 10.8 Å². The number of nitrogens with one attached hydrogen (secondary N) is 1. The molecule has 0 saturated heterocycles. The van der Waals surface area contributed by atoms with Crippen LogP contribution in [0.15, 0.2) is 42.5 Å². The second-order valence-corrected chi connectivity index (χ2v) is 3.94. The summed E-state index contributed by atoms with van der Waals surface area (Å²) in [5.74, 6) is 1.52. The Labute approximate surface area is 104 Å². The first-order valence-electron chi connectivity index (χ1n) is 5.76. The van der Waals surface area contributed by atoms with Crippen LogP contribution in [0.1, 0.15) is 5.82 Å². The zero-order valence-corrected chi connectivity index (χ0v) is 9.71. The van der Waals surface area contributed by atoms with E-state index >= 15 is 0 Å². The van der Waals surface area contributed by atoms with Crippen LogP contribution in [-0.4, -0.2) is 27.2 Å². The van der Waals surface area contributed by atoms with Gasteiger partial charge in [0.1, 0.15) is 5.75 Å². The maximum Gasteiger partial charge on any atom is 0.177 e. The van der Waals surface area contributed by atoms with Crippen LogP contribution in [0.2, 0.25) is 0 Å². The second-order valence-electron chi connectivity index (χ2n) is 3.94. The van der Waals surface area contributed by atoms with Gasteiger partial charge in [-0.1, -0.05) is 35.5 Å². The molecule has 0 radical (unpaired) electrons. The SMILES string of the molecule is c1ccc2cc(OCCc3nn[nH]n3)ccc2c1. The quantitative estimate of drug-likeness (QED) is 0.757. The van der Waals surface area contributed by atoms with Gasteiger partial charge in [0.25, 0.3) is 0 Å². The minimum Gasteiger partial charge on any atom is -0.493 e. The average Bonchev–Trinajstić information content (AvgIpc) is 2.92. The molecule has 18 heavy (non-hydrogen) atoms. The van der Waals surface area contributed by atoms with Crippen molar-refractivity contribution in [3.8, 4) is 5.75 Å². The standard InChI is InChI=1S/C13H12N4O/c1-2-4-11-9-12(6-5-10(11)3-1)18-8-7-13-14-16-17-15-13/h1-6,9H,7-8H2,(H,14,15,16,17). The Hall–Kier alpha value is -2.43. The first kappa shape index (κ1) is 10.7. The number of ether oxygens (including phenoxy) is 1. The van der Waals surface area contributed by atoms with Gasteiger partial charge in [-0.2, -0.15) is 5.21 Å². The minimum atomic E-state index is 0.540. The molecule has 0 amide bonds. The zero-order chi connectivity index (χ0) is 12.2. The van der Waals surface area contributed by atoms with E-state index in [1.165, 1.54) is 10.8 Å². The summed E-state index contributed by atoms with van der Waals surface area (Å²) in [6.07, 6.45) is 0.642. The number of benzene rings is 2. The molecule has 90 valence electrons. The first-order chi connectivity index (χ1) is 8.92. The minimum absolute atomic E-state index is 0.540. The van der Waals surface area contributed by atoms with Gasteiger partial charge in [-0.05, 0) is 22.9 Å². The van der Waals surface area contributed by atoms with E-state index in [1.54, 1.807) is 0 Å². The Morgan fingerprint density at radius 3 is 2.78 bits per heavy atom. The summed E-state index contributed by atoms with van der Waals surface area (Å²) in [6, 6.07) is 14.3. The lowest BCUT2D eigenvalue weighted by Crippen LogP contribution is -2.02. The fourth-order valence-electron chi connectivity index (χ4n) is 1.81.